The molecule has 0 saturated heterocycles. The highest BCUT2D eigenvalue weighted by molar-refractivity contribution is 9.13. The summed E-state index contributed by atoms with van der Waals surface area (Å²) in [4.78, 5) is 12.8. The van der Waals surface area contributed by atoms with Gasteiger partial charge < -0.3 is 5.32 Å². The van der Waals surface area contributed by atoms with Crippen LogP contribution in [0.15, 0.2) is 14.3 Å². The number of hydrogen-bond donors (Lipinski definition) is 1. The lowest BCUT2D eigenvalue weighted by Gasteiger charge is -2.17. The van der Waals surface area contributed by atoms with E-state index in [-0.39, 0.29) is 5.91 Å². The van der Waals surface area contributed by atoms with E-state index in [0.29, 0.717) is 11.8 Å². The van der Waals surface area contributed by atoms with Crippen molar-refractivity contribution in [1.82, 2.24) is 5.32 Å². The molecule has 1 fully saturated rings. The van der Waals surface area contributed by atoms with Crippen molar-refractivity contribution >= 4 is 65.0 Å². The van der Waals surface area contributed by atoms with Crippen LogP contribution in [-0.2, 0) is 0 Å². The standard InChI is InChI=1S/C12H14Br3NOS/c13-5-7-2-1-3-8(7)6-16-12(17)10-4-9(14)11(15)18-10/h4,7-8H,1-3,5-6H2,(H,16,17). The van der Waals surface area contributed by atoms with Crippen molar-refractivity contribution in [3.63, 3.8) is 0 Å². The molecule has 1 aliphatic carbocycles. The zero-order chi connectivity index (χ0) is 13.1. The van der Waals surface area contributed by atoms with Crippen LogP contribution in [0.3, 0.4) is 0 Å². The van der Waals surface area contributed by atoms with Gasteiger partial charge in [0.2, 0.25) is 0 Å². The average Bonchev–Trinajstić information content (AvgIpc) is 2.93. The summed E-state index contributed by atoms with van der Waals surface area (Å²) >= 11 is 11.8. The molecule has 0 aliphatic heterocycles. The van der Waals surface area contributed by atoms with Crippen molar-refractivity contribution in [3.05, 3.63) is 19.2 Å². The van der Waals surface area contributed by atoms with Crippen LogP contribution in [0.25, 0.3) is 0 Å². The maximum absolute atomic E-state index is 12.0. The van der Waals surface area contributed by atoms with Crippen molar-refractivity contribution < 1.29 is 4.79 Å². The number of halogens is 3. The predicted octanol–water partition coefficient (Wildman–Crippen LogP) is 4.81. The Morgan fingerprint density at radius 3 is 2.72 bits per heavy atom. The van der Waals surface area contributed by atoms with Crippen LogP contribution >= 0.6 is 59.1 Å². The minimum absolute atomic E-state index is 0.0339. The largest absolute Gasteiger partial charge is 0.351 e. The molecule has 0 spiro atoms. The smallest absolute Gasteiger partial charge is 0.261 e. The Morgan fingerprint density at radius 1 is 1.39 bits per heavy atom. The first-order valence-corrected chi connectivity index (χ1v) is 9.43. The van der Waals surface area contributed by atoms with Gasteiger partial charge in [0.05, 0.1) is 8.66 Å². The fraction of sp³-hybridized carbons (Fsp3) is 0.583. The van der Waals surface area contributed by atoms with Crippen LogP contribution in [-0.4, -0.2) is 17.8 Å². The number of alkyl halides is 1. The van der Waals surface area contributed by atoms with Crippen molar-refractivity contribution in [2.24, 2.45) is 11.8 Å². The summed E-state index contributed by atoms with van der Waals surface area (Å²) in [5, 5.41) is 4.10. The molecule has 6 heteroatoms. The Morgan fingerprint density at radius 2 is 2.11 bits per heavy atom. The Balaban J connectivity index is 1.88. The summed E-state index contributed by atoms with van der Waals surface area (Å²) in [5.41, 5.74) is 0. The maximum Gasteiger partial charge on any atom is 0.261 e. The molecule has 1 heterocycles. The molecule has 2 unspecified atom stereocenters. The van der Waals surface area contributed by atoms with E-state index in [9.17, 15) is 4.79 Å². The van der Waals surface area contributed by atoms with Crippen LogP contribution in [0.2, 0.25) is 0 Å². The molecule has 1 aromatic rings. The lowest BCUT2D eigenvalue weighted by molar-refractivity contribution is 0.0949. The van der Waals surface area contributed by atoms with E-state index >= 15 is 0 Å². The highest BCUT2D eigenvalue weighted by Crippen LogP contribution is 2.34. The molecule has 2 nitrogen and oxygen atoms in total. The van der Waals surface area contributed by atoms with Gasteiger partial charge in [-0.15, -0.1) is 11.3 Å². The predicted molar refractivity (Wildman–Crippen MR) is 86.7 cm³/mol. The number of carbonyl (C=O) groups is 1. The Kier molecular flexibility index (Phi) is 5.72. The third-order valence-electron chi connectivity index (χ3n) is 3.41. The summed E-state index contributed by atoms with van der Waals surface area (Å²) in [6.45, 7) is 0.794. The van der Waals surface area contributed by atoms with Crippen LogP contribution < -0.4 is 5.32 Å². The normalized spacial score (nSPS) is 23.3. The van der Waals surface area contributed by atoms with E-state index < -0.39 is 0 Å². The molecule has 2 atom stereocenters. The third kappa shape index (κ3) is 3.58. The number of thiophene rings is 1. The molecule has 0 radical (unpaired) electrons. The Hall–Kier alpha value is 0.610. The number of amides is 1. The Labute approximate surface area is 136 Å². The minimum atomic E-state index is 0.0339. The molecule has 1 aromatic heterocycles. The summed E-state index contributed by atoms with van der Waals surface area (Å²) in [6, 6.07) is 1.86. The van der Waals surface area contributed by atoms with E-state index in [2.05, 4.69) is 53.1 Å². The summed E-state index contributed by atoms with van der Waals surface area (Å²) in [6.07, 6.45) is 3.79. The highest BCUT2D eigenvalue weighted by Gasteiger charge is 2.26. The van der Waals surface area contributed by atoms with Gasteiger partial charge in [-0.05, 0) is 62.6 Å². The molecule has 18 heavy (non-hydrogen) atoms. The fourth-order valence-corrected chi connectivity index (χ4v) is 5.16. The molecule has 0 aromatic carbocycles. The van der Waals surface area contributed by atoms with E-state index in [4.69, 9.17) is 0 Å². The Bertz CT molecular complexity index is 415. The van der Waals surface area contributed by atoms with Crippen LogP contribution in [0.4, 0.5) is 0 Å². The second-order valence-electron chi connectivity index (χ2n) is 4.55. The van der Waals surface area contributed by atoms with Gasteiger partial charge in [-0.25, -0.2) is 0 Å². The van der Waals surface area contributed by atoms with Crippen molar-refractivity contribution in [1.29, 1.82) is 0 Å². The molecule has 0 bridgehead atoms. The average molecular weight is 460 g/mol. The van der Waals surface area contributed by atoms with E-state index in [0.717, 1.165) is 25.0 Å². The second kappa shape index (κ2) is 6.86. The first kappa shape index (κ1) is 15.0. The van der Waals surface area contributed by atoms with Crippen molar-refractivity contribution in [2.75, 3.05) is 11.9 Å². The van der Waals surface area contributed by atoms with Crippen LogP contribution in [0.1, 0.15) is 28.9 Å². The monoisotopic (exact) mass is 457 g/mol. The van der Waals surface area contributed by atoms with Gasteiger partial charge in [-0.3, -0.25) is 4.79 Å². The molecular formula is C12H14Br3NOS. The van der Waals surface area contributed by atoms with E-state index in [1.165, 1.54) is 30.6 Å². The molecule has 1 amide bonds. The van der Waals surface area contributed by atoms with Crippen LogP contribution in [0, 0.1) is 11.8 Å². The quantitative estimate of drug-likeness (QED) is 0.643. The molecule has 1 N–H and O–H groups in total. The third-order valence-corrected chi connectivity index (χ3v) is 7.50. The number of rotatable bonds is 4. The zero-order valence-electron chi connectivity index (χ0n) is 9.72. The number of hydrogen-bond acceptors (Lipinski definition) is 2. The highest BCUT2D eigenvalue weighted by atomic mass is 79.9. The van der Waals surface area contributed by atoms with E-state index in [1.54, 1.807) is 0 Å². The minimum Gasteiger partial charge on any atom is -0.351 e. The lowest BCUT2D eigenvalue weighted by Crippen LogP contribution is -2.30. The SMILES string of the molecule is O=C(NCC1CCCC1CBr)c1cc(Br)c(Br)s1. The van der Waals surface area contributed by atoms with E-state index in [1.807, 2.05) is 6.07 Å². The summed E-state index contributed by atoms with van der Waals surface area (Å²) in [7, 11) is 0. The molecule has 2 rings (SSSR count). The lowest BCUT2D eigenvalue weighted by atomic mass is 9.98. The van der Waals surface area contributed by atoms with Gasteiger partial charge in [0.25, 0.3) is 5.91 Å². The maximum atomic E-state index is 12.0. The number of carbonyl (C=O) groups excluding carboxylic acids is 1. The molecular weight excluding hydrogens is 446 g/mol. The molecule has 1 aliphatic rings. The van der Waals surface area contributed by atoms with Gasteiger partial charge in [0.1, 0.15) is 0 Å². The van der Waals surface area contributed by atoms with Gasteiger partial charge in [0.15, 0.2) is 0 Å². The van der Waals surface area contributed by atoms with Gasteiger partial charge in [-0.1, -0.05) is 22.4 Å². The fourth-order valence-electron chi connectivity index (χ4n) is 2.35. The second-order valence-corrected chi connectivity index (χ2v) is 8.42. The van der Waals surface area contributed by atoms with Crippen molar-refractivity contribution in [3.8, 4) is 0 Å². The molecule has 1 saturated carbocycles. The van der Waals surface area contributed by atoms with Crippen molar-refractivity contribution in [2.45, 2.75) is 19.3 Å². The molecule has 100 valence electrons. The first-order chi connectivity index (χ1) is 8.61. The van der Waals surface area contributed by atoms with Gasteiger partial charge in [-0.2, -0.15) is 0 Å². The van der Waals surface area contributed by atoms with Gasteiger partial charge in [0, 0.05) is 16.3 Å². The van der Waals surface area contributed by atoms with Crippen LogP contribution in [0.5, 0.6) is 0 Å². The summed E-state index contributed by atoms with van der Waals surface area (Å²) < 4.78 is 1.91. The summed E-state index contributed by atoms with van der Waals surface area (Å²) in [5.74, 6) is 1.37. The number of nitrogens with one attached hydrogen (secondary N) is 1. The topological polar surface area (TPSA) is 29.1 Å². The zero-order valence-corrected chi connectivity index (χ0v) is 15.3. The van der Waals surface area contributed by atoms with Gasteiger partial charge >= 0.3 is 0 Å². The first-order valence-electron chi connectivity index (χ1n) is 5.90.